The van der Waals surface area contributed by atoms with Crippen LogP contribution in [0.2, 0.25) is 0 Å². The average molecular weight is 490 g/mol. The number of hydrogen-bond donors (Lipinski definition) is 2. The van der Waals surface area contributed by atoms with Gasteiger partial charge in [0, 0.05) is 18.0 Å². The maximum absolute atomic E-state index is 5.91. The Balaban J connectivity index is 0.00000280. The number of ether oxygens (including phenoxy) is 2. The molecule has 0 radical (unpaired) electrons. The number of anilines is 1. The number of nitrogens with zero attached hydrogens (tertiary/aromatic N) is 2. The molecule has 6 nitrogen and oxygen atoms in total. The molecule has 0 bridgehead atoms. The number of aliphatic imine (C=N–C) groups is 1. The lowest BCUT2D eigenvalue weighted by atomic mass is 10.3. The summed E-state index contributed by atoms with van der Waals surface area (Å²) in [5, 5.41) is 3.04. The van der Waals surface area contributed by atoms with Gasteiger partial charge in [-0.05, 0) is 36.8 Å². The second-order valence-corrected chi connectivity index (χ2v) is 5.68. The van der Waals surface area contributed by atoms with Crippen molar-refractivity contribution in [3.8, 4) is 17.4 Å². The van der Waals surface area contributed by atoms with Crippen molar-refractivity contribution in [1.29, 1.82) is 0 Å². The largest absolute Gasteiger partial charge is 0.490 e. The fourth-order valence-electron chi connectivity index (χ4n) is 2.37. The normalized spacial score (nSPS) is 10.7. The molecule has 0 spiro atoms. The van der Waals surface area contributed by atoms with E-state index in [9.17, 15) is 0 Å². The summed E-state index contributed by atoms with van der Waals surface area (Å²) in [7, 11) is 0. The molecule has 0 aliphatic carbocycles. The van der Waals surface area contributed by atoms with Gasteiger partial charge >= 0.3 is 0 Å². The number of hydrogen-bond acceptors (Lipinski definition) is 4. The average Bonchev–Trinajstić information content (AvgIpc) is 2.70. The number of pyridine rings is 1. The lowest BCUT2D eigenvalue weighted by molar-refractivity contribution is 0.319. The third-order valence-electron chi connectivity index (χ3n) is 3.64. The molecule has 0 aliphatic rings. The highest BCUT2D eigenvalue weighted by atomic mass is 127. The first-order valence-electron chi connectivity index (χ1n) is 8.71. The Morgan fingerprint density at radius 3 is 2.39 bits per heavy atom. The summed E-state index contributed by atoms with van der Waals surface area (Å²) < 4.78 is 11.4. The van der Waals surface area contributed by atoms with Crippen LogP contribution in [-0.2, 0) is 6.54 Å². The van der Waals surface area contributed by atoms with Gasteiger partial charge in [-0.3, -0.25) is 0 Å². The maximum Gasteiger partial charge on any atom is 0.219 e. The monoisotopic (exact) mass is 490 g/mol. The van der Waals surface area contributed by atoms with Gasteiger partial charge in [0.05, 0.1) is 13.2 Å². The molecule has 0 unspecified atom stereocenters. The summed E-state index contributed by atoms with van der Waals surface area (Å²) in [6, 6.07) is 20.9. The van der Waals surface area contributed by atoms with Gasteiger partial charge in [-0.1, -0.05) is 36.4 Å². The first kappa shape index (κ1) is 21.5. The fourth-order valence-corrected chi connectivity index (χ4v) is 2.37. The van der Waals surface area contributed by atoms with Gasteiger partial charge in [-0.15, -0.1) is 24.0 Å². The van der Waals surface area contributed by atoms with Crippen LogP contribution in [0.1, 0.15) is 12.5 Å². The second-order valence-electron chi connectivity index (χ2n) is 5.68. The molecule has 146 valence electrons. The topological polar surface area (TPSA) is 81.8 Å². The zero-order chi connectivity index (χ0) is 18.9. The number of nitrogens with two attached hydrogens (primary N) is 1. The van der Waals surface area contributed by atoms with E-state index in [1.807, 2.05) is 67.6 Å². The summed E-state index contributed by atoms with van der Waals surface area (Å²) in [6.07, 6.45) is 1.72. The van der Waals surface area contributed by atoms with Crippen LogP contribution in [0.5, 0.6) is 17.4 Å². The standard InChI is InChI=1S/C21H22N4O2.HI/c1-2-26-18-10-6-7-11-19(18)27-20-13-12-16(14-23-20)15-24-21(22)25-17-8-4-3-5-9-17;/h3-14H,2,15H2,1H3,(H3,22,24,25);1H. The number of para-hydroxylation sites is 3. The highest BCUT2D eigenvalue weighted by molar-refractivity contribution is 14.0. The lowest BCUT2D eigenvalue weighted by Crippen LogP contribution is -2.22. The van der Waals surface area contributed by atoms with Crippen LogP contribution in [0.25, 0.3) is 0 Å². The van der Waals surface area contributed by atoms with Gasteiger partial charge in [-0.25, -0.2) is 9.98 Å². The fraction of sp³-hybridized carbons (Fsp3) is 0.143. The minimum absolute atomic E-state index is 0. The molecule has 0 fully saturated rings. The van der Waals surface area contributed by atoms with E-state index in [1.165, 1.54) is 0 Å². The van der Waals surface area contributed by atoms with Crippen LogP contribution in [0, 0.1) is 0 Å². The van der Waals surface area contributed by atoms with Crippen molar-refractivity contribution in [2.24, 2.45) is 10.7 Å². The molecule has 1 heterocycles. The molecule has 3 aromatic rings. The number of rotatable bonds is 7. The first-order chi connectivity index (χ1) is 13.2. The molecule has 3 rings (SSSR count). The van der Waals surface area contributed by atoms with E-state index in [0.29, 0.717) is 36.5 Å². The molecular weight excluding hydrogens is 467 g/mol. The smallest absolute Gasteiger partial charge is 0.219 e. The Labute approximate surface area is 181 Å². The summed E-state index contributed by atoms with van der Waals surface area (Å²) in [5.74, 6) is 2.17. The van der Waals surface area contributed by atoms with Crippen LogP contribution < -0.4 is 20.5 Å². The highest BCUT2D eigenvalue weighted by Crippen LogP contribution is 2.30. The van der Waals surface area contributed by atoms with Crippen molar-refractivity contribution in [3.05, 3.63) is 78.5 Å². The SMILES string of the molecule is CCOc1ccccc1Oc1ccc(CN=C(N)Nc2ccccc2)cn1.I. The summed E-state index contributed by atoms with van der Waals surface area (Å²) in [6.45, 7) is 2.93. The number of aromatic nitrogens is 1. The Kier molecular flexibility index (Phi) is 8.54. The minimum atomic E-state index is 0. The molecule has 0 saturated heterocycles. The Hall–Kier alpha value is -2.81. The van der Waals surface area contributed by atoms with Crippen molar-refractivity contribution >= 4 is 35.6 Å². The lowest BCUT2D eigenvalue weighted by Gasteiger charge is -2.10. The van der Waals surface area contributed by atoms with Gasteiger partial charge in [-0.2, -0.15) is 0 Å². The number of benzene rings is 2. The summed E-state index contributed by atoms with van der Waals surface area (Å²) in [4.78, 5) is 8.65. The number of nitrogens with one attached hydrogen (secondary N) is 1. The quantitative estimate of drug-likeness (QED) is 0.282. The summed E-state index contributed by atoms with van der Waals surface area (Å²) in [5.41, 5.74) is 7.74. The van der Waals surface area contributed by atoms with E-state index in [2.05, 4.69) is 15.3 Å². The van der Waals surface area contributed by atoms with Gasteiger partial charge in [0.15, 0.2) is 17.5 Å². The molecule has 0 aliphatic heterocycles. The van der Waals surface area contributed by atoms with E-state index < -0.39 is 0 Å². The van der Waals surface area contributed by atoms with Gasteiger partial charge in [0.1, 0.15) is 0 Å². The van der Waals surface area contributed by atoms with E-state index >= 15 is 0 Å². The van der Waals surface area contributed by atoms with Crippen LogP contribution in [0.4, 0.5) is 5.69 Å². The highest BCUT2D eigenvalue weighted by Gasteiger charge is 2.06. The van der Waals surface area contributed by atoms with Gasteiger partial charge in [0.25, 0.3) is 0 Å². The Bertz CT molecular complexity index is 886. The van der Waals surface area contributed by atoms with Crippen LogP contribution in [0.15, 0.2) is 77.9 Å². The van der Waals surface area contributed by atoms with E-state index in [-0.39, 0.29) is 24.0 Å². The van der Waals surface area contributed by atoms with Crippen molar-refractivity contribution in [3.63, 3.8) is 0 Å². The van der Waals surface area contributed by atoms with Crippen LogP contribution in [-0.4, -0.2) is 17.6 Å². The van der Waals surface area contributed by atoms with Crippen molar-refractivity contribution in [2.75, 3.05) is 11.9 Å². The first-order valence-corrected chi connectivity index (χ1v) is 8.71. The van der Waals surface area contributed by atoms with Crippen molar-refractivity contribution in [1.82, 2.24) is 4.98 Å². The number of halogens is 1. The second kappa shape index (κ2) is 11.1. The van der Waals surface area contributed by atoms with Crippen LogP contribution >= 0.6 is 24.0 Å². The third kappa shape index (κ3) is 6.41. The number of guanidine groups is 1. The molecular formula is C21H23IN4O2. The summed E-state index contributed by atoms with van der Waals surface area (Å²) >= 11 is 0. The van der Waals surface area contributed by atoms with E-state index in [0.717, 1.165) is 11.3 Å². The molecule has 0 saturated carbocycles. The third-order valence-corrected chi connectivity index (χ3v) is 3.64. The van der Waals surface area contributed by atoms with Gasteiger partial charge in [0.2, 0.25) is 5.88 Å². The molecule has 0 amide bonds. The molecule has 28 heavy (non-hydrogen) atoms. The Morgan fingerprint density at radius 1 is 1.00 bits per heavy atom. The molecule has 0 atom stereocenters. The molecule has 7 heteroatoms. The minimum Gasteiger partial charge on any atom is -0.490 e. The van der Waals surface area contributed by atoms with Gasteiger partial charge < -0.3 is 20.5 Å². The van der Waals surface area contributed by atoms with Crippen molar-refractivity contribution < 1.29 is 9.47 Å². The predicted octanol–water partition coefficient (Wildman–Crippen LogP) is 4.82. The molecule has 2 aromatic carbocycles. The van der Waals surface area contributed by atoms with Crippen molar-refractivity contribution in [2.45, 2.75) is 13.5 Å². The van der Waals surface area contributed by atoms with E-state index in [1.54, 1.807) is 12.3 Å². The molecule has 1 aromatic heterocycles. The maximum atomic E-state index is 5.91. The van der Waals surface area contributed by atoms with Crippen LogP contribution in [0.3, 0.4) is 0 Å². The Morgan fingerprint density at radius 2 is 1.71 bits per heavy atom. The van der Waals surface area contributed by atoms with E-state index in [4.69, 9.17) is 15.2 Å². The predicted molar refractivity (Wildman–Crippen MR) is 123 cm³/mol. The molecule has 3 N–H and O–H groups in total. The zero-order valence-electron chi connectivity index (χ0n) is 15.5. The zero-order valence-corrected chi connectivity index (χ0v) is 17.9.